The zero-order valence-electron chi connectivity index (χ0n) is 9.20. The first-order valence-electron chi connectivity index (χ1n) is 5.56. The lowest BCUT2D eigenvalue weighted by atomic mass is 9.97. The van der Waals surface area contributed by atoms with Crippen molar-refractivity contribution in [3.63, 3.8) is 0 Å². The Morgan fingerprint density at radius 3 is 3.20 bits per heavy atom. The number of aromatic nitrogens is 1. The third-order valence-corrected chi connectivity index (χ3v) is 3.01. The minimum absolute atomic E-state index is 0.280. The molecule has 0 unspecified atom stereocenters. The number of nitrogens with zero attached hydrogens (tertiary/aromatic N) is 1. The van der Waals surface area contributed by atoms with Crippen molar-refractivity contribution < 1.29 is 4.74 Å². The van der Waals surface area contributed by atoms with E-state index in [1.807, 2.05) is 12.1 Å². The van der Waals surface area contributed by atoms with Crippen LogP contribution < -0.4 is 10.1 Å². The zero-order chi connectivity index (χ0) is 10.6. The maximum Gasteiger partial charge on any atom is 0.137 e. The molecule has 0 bridgehead atoms. The molecule has 2 rings (SSSR count). The fourth-order valence-corrected chi connectivity index (χ4v) is 2.00. The predicted molar refractivity (Wildman–Crippen MR) is 60.0 cm³/mol. The molecule has 1 aromatic heterocycles. The number of ether oxygens (including phenoxy) is 1. The highest BCUT2D eigenvalue weighted by Crippen LogP contribution is 2.22. The van der Waals surface area contributed by atoms with Gasteiger partial charge in [0.2, 0.25) is 0 Å². The Bertz CT molecular complexity index is 294. The highest BCUT2D eigenvalue weighted by atomic mass is 16.5. The van der Waals surface area contributed by atoms with Gasteiger partial charge in [0.15, 0.2) is 0 Å². The van der Waals surface area contributed by atoms with Gasteiger partial charge in [0.1, 0.15) is 5.75 Å². The van der Waals surface area contributed by atoms with Gasteiger partial charge in [0.05, 0.1) is 12.8 Å². The molecular weight excluding hydrogens is 188 g/mol. The van der Waals surface area contributed by atoms with Gasteiger partial charge >= 0.3 is 0 Å². The maximum absolute atomic E-state index is 5.63. The van der Waals surface area contributed by atoms with E-state index in [2.05, 4.69) is 17.2 Å². The monoisotopic (exact) mass is 206 g/mol. The largest absolute Gasteiger partial charge is 0.492 e. The lowest BCUT2D eigenvalue weighted by Gasteiger charge is -2.24. The average molecular weight is 206 g/mol. The van der Waals surface area contributed by atoms with Crippen molar-refractivity contribution in [1.29, 1.82) is 0 Å². The quantitative estimate of drug-likeness (QED) is 0.818. The van der Waals surface area contributed by atoms with Crippen LogP contribution in [0.25, 0.3) is 0 Å². The van der Waals surface area contributed by atoms with Crippen molar-refractivity contribution in [2.45, 2.75) is 31.7 Å². The summed E-state index contributed by atoms with van der Waals surface area (Å²) in [4.78, 5) is 4.01. The first-order chi connectivity index (χ1) is 7.29. The summed E-state index contributed by atoms with van der Waals surface area (Å²) in [6.07, 6.45) is 7.10. The van der Waals surface area contributed by atoms with E-state index in [9.17, 15) is 0 Å². The van der Waals surface area contributed by atoms with Crippen LogP contribution in [0, 0.1) is 0 Å². The van der Waals surface area contributed by atoms with Gasteiger partial charge in [-0.15, -0.1) is 0 Å². The minimum atomic E-state index is 0.280. The second kappa shape index (κ2) is 4.62. The summed E-state index contributed by atoms with van der Waals surface area (Å²) in [6, 6.07) is 3.84. The standard InChI is InChI=1S/C12H18N2O/c1-12(5-3-8-14-12)6-9-15-11-4-2-7-13-10-11/h2,4,7,10,14H,3,5-6,8-9H2,1H3/t12-/m0/s1. The molecule has 0 aliphatic carbocycles. The SMILES string of the molecule is C[C@@]1(CCOc2cccnc2)CCCN1. The number of nitrogens with one attached hydrogen (secondary N) is 1. The molecule has 2 heterocycles. The molecule has 0 saturated carbocycles. The van der Waals surface area contributed by atoms with Crippen LogP contribution in [0.4, 0.5) is 0 Å². The molecule has 1 aliphatic heterocycles. The van der Waals surface area contributed by atoms with E-state index in [4.69, 9.17) is 4.74 Å². The van der Waals surface area contributed by atoms with Gasteiger partial charge in [-0.3, -0.25) is 4.98 Å². The van der Waals surface area contributed by atoms with Crippen molar-refractivity contribution in [3.05, 3.63) is 24.5 Å². The second-order valence-corrected chi connectivity index (χ2v) is 4.38. The van der Waals surface area contributed by atoms with Gasteiger partial charge in [0.25, 0.3) is 0 Å². The van der Waals surface area contributed by atoms with Crippen LogP contribution in [0.15, 0.2) is 24.5 Å². The second-order valence-electron chi connectivity index (χ2n) is 4.38. The van der Waals surface area contributed by atoms with Gasteiger partial charge < -0.3 is 10.1 Å². The first kappa shape index (κ1) is 10.4. The number of hydrogen-bond donors (Lipinski definition) is 1. The van der Waals surface area contributed by atoms with Crippen LogP contribution in [-0.2, 0) is 0 Å². The fraction of sp³-hybridized carbons (Fsp3) is 0.583. The Balaban J connectivity index is 1.75. The van der Waals surface area contributed by atoms with Gasteiger partial charge in [0, 0.05) is 11.7 Å². The molecule has 1 fully saturated rings. The number of pyridine rings is 1. The predicted octanol–water partition coefficient (Wildman–Crippen LogP) is 1.99. The van der Waals surface area contributed by atoms with E-state index >= 15 is 0 Å². The summed E-state index contributed by atoms with van der Waals surface area (Å²) in [5.41, 5.74) is 0.280. The maximum atomic E-state index is 5.63. The van der Waals surface area contributed by atoms with E-state index in [0.29, 0.717) is 0 Å². The normalized spacial score (nSPS) is 25.4. The van der Waals surface area contributed by atoms with Crippen molar-refractivity contribution in [2.24, 2.45) is 0 Å². The van der Waals surface area contributed by atoms with Crippen LogP contribution in [-0.4, -0.2) is 23.7 Å². The van der Waals surface area contributed by atoms with E-state index in [0.717, 1.165) is 25.3 Å². The summed E-state index contributed by atoms with van der Waals surface area (Å²) in [7, 11) is 0. The topological polar surface area (TPSA) is 34.1 Å². The lowest BCUT2D eigenvalue weighted by molar-refractivity contribution is 0.252. The lowest BCUT2D eigenvalue weighted by Crippen LogP contribution is -2.37. The van der Waals surface area contributed by atoms with E-state index in [1.165, 1.54) is 12.8 Å². The molecule has 82 valence electrons. The third-order valence-electron chi connectivity index (χ3n) is 3.01. The molecule has 15 heavy (non-hydrogen) atoms. The molecule has 3 heteroatoms. The van der Waals surface area contributed by atoms with Gasteiger partial charge in [-0.25, -0.2) is 0 Å². The summed E-state index contributed by atoms with van der Waals surface area (Å²) >= 11 is 0. The first-order valence-corrected chi connectivity index (χ1v) is 5.56. The molecule has 0 radical (unpaired) electrons. The molecule has 0 spiro atoms. The molecule has 1 N–H and O–H groups in total. The average Bonchev–Trinajstić information content (AvgIpc) is 2.67. The molecule has 3 nitrogen and oxygen atoms in total. The van der Waals surface area contributed by atoms with E-state index < -0.39 is 0 Å². The van der Waals surface area contributed by atoms with Crippen LogP contribution in [0.5, 0.6) is 5.75 Å². The van der Waals surface area contributed by atoms with Crippen LogP contribution in [0.1, 0.15) is 26.2 Å². The Labute approximate surface area is 90.9 Å². The molecule has 1 aliphatic rings. The Hall–Kier alpha value is -1.09. The highest BCUT2D eigenvalue weighted by molar-refractivity contribution is 5.15. The number of hydrogen-bond acceptors (Lipinski definition) is 3. The smallest absolute Gasteiger partial charge is 0.137 e. The Morgan fingerprint density at radius 1 is 1.60 bits per heavy atom. The van der Waals surface area contributed by atoms with Crippen molar-refractivity contribution >= 4 is 0 Å². The van der Waals surface area contributed by atoms with Crippen molar-refractivity contribution in [3.8, 4) is 5.75 Å². The van der Waals surface area contributed by atoms with E-state index in [-0.39, 0.29) is 5.54 Å². The van der Waals surface area contributed by atoms with Crippen LogP contribution in [0.2, 0.25) is 0 Å². The molecule has 0 amide bonds. The Morgan fingerprint density at radius 2 is 2.53 bits per heavy atom. The van der Waals surface area contributed by atoms with Crippen LogP contribution in [0.3, 0.4) is 0 Å². The molecule has 1 atom stereocenters. The summed E-state index contributed by atoms with van der Waals surface area (Å²) < 4.78 is 5.63. The Kier molecular flexibility index (Phi) is 3.21. The summed E-state index contributed by atoms with van der Waals surface area (Å²) in [5.74, 6) is 0.860. The van der Waals surface area contributed by atoms with Crippen LogP contribution >= 0.6 is 0 Å². The van der Waals surface area contributed by atoms with Gasteiger partial charge in [-0.2, -0.15) is 0 Å². The molecular formula is C12H18N2O. The van der Waals surface area contributed by atoms with Crippen molar-refractivity contribution in [2.75, 3.05) is 13.2 Å². The number of rotatable bonds is 4. The molecule has 0 aromatic carbocycles. The minimum Gasteiger partial charge on any atom is -0.492 e. The van der Waals surface area contributed by atoms with Gasteiger partial charge in [-0.1, -0.05) is 0 Å². The summed E-state index contributed by atoms with van der Waals surface area (Å²) in [5, 5.41) is 3.52. The molecule has 1 saturated heterocycles. The summed E-state index contributed by atoms with van der Waals surface area (Å²) in [6.45, 7) is 4.17. The van der Waals surface area contributed by atoms with Crippen molar-refractivity contribution in [1.82, 2.24) is 10.3 Å². The zero-order valence-corrected chi connectivity index (χ0v) is 9.20. The fourth-order valence-electron chi connectivity index (χ4n) is 2.00. The van der Waals surface area contributed by atoms with Gasteiger partial charge in [-0.05, 0) is 44.9 Å². The molecule has 1 aromatic rings. The highest BCUT2D eigenvalue weighted by Gasteiger charge is 2.27. The third kappa shape index (κ3) is 2.93. The van der Waals surface area contributed by atoms with E-state index in [1.54, 1.807) is 12.4 Å².